The molecule has 82 valence electrons. The molecule has 0 aliphatic carbocycles. The van der Waals surface area contributed by atoms with Gasteiger partial charge < -0.3 is 5.32 Å². The third kappa shape index (κ3) is 3.56. The van der Waals surface area contributed by atoms with E-state index in [2.05, 4.69) is 5.32 Å². The lowest BCUT2D eigenvalue weighted by atomic mass is 10.0. The molecule has 0 radical (unpaired) electrons. The zero-order valence-corrected chi connectivity index (χ0v) is 9.84. The van der Waals surface area contributed by atoms with Crippen molar-refractivity contribution in [1.29, 1.82) is 0 Å². The van der Waals surface area contributed by atoms with Gasteiger partial charge in [0.15, 0.2) is 0 Å². The highest BCUT2D eigenvalue weighted by Crippen LogP contribution is 2.20. The van der Waals surface area contributed by atoms with E-state index in [1.807, 2.05) is 38.1 Å². The molecule has 0 spiro atoms. The second-order valence-corrected chi connectivity index (χ2v) is 3.87. The smallest absolute Gasteiger partial charge is 0.220 e. The van der Waals surface area contributed by atoms with Crippen molar-refractivity contribution in [2.75, 3.05) is 0 Å². The predicted molar refractivity (Wildman–Crippen MR) is 62.9 cm³/mol. The lowest BCUT2D eigenvalue weighted by Gasteiger charge is -2.17. The molecule has 1 aromatic rings. The summed E-state index contributed by atoms with van der Waals surface area (Å²) in [5, 5.41) is 3.67. The van der Waals surface area contributed by atoms with Gasteiger partial charge in [-0.3, -0.25) is 4.79 Å². The van der Waals surface area contributed by atoms with Crippen molar-refractivity contribution in [3.05, 3.63) is 34.9 Å². The van der Waals surface area contributed by atoms with E-state index in [0.29, 0.717) is 11.4 Å². The van der Waals surface area contributed by atoms with Gasteiger partial charge in [0.25, 0.3) is 0 Å². The quantitative estimate of drug-likeness (QED) is 0.837. The molecule has 1 N–H and O–H groups in total. The van der Waals surface area contributed by atoms with E-state index in [-0.39, 0.29) is 11.9 Å². The minimum Gasteiger partial charge on any atom is -0.349 e. The number of benzene rings is 1. The van der Waals surface area contributed by atoms with E-state index in [4.69, 9.17) is 11.6 Å². The fourth-order valence-corrected chi connectivity index (χ4v) is 1.64. The van der Waals surface area contributed by atoms with Crippen LogP contribution in [0.2, 0.25) is 5.02 Å². The molecule has 0 aliphatic heterocycles. The van der Waals surface area contributed by atoms with E-state index in [1.165, 1.54) is 0 Å². The Kier molecular flexibility index (Phi) is 4.63. The molecule has 1 atom stereocenters. The molecule has 1 rings (SSSR count). The van der Waals surface area contributed by atoms with Crippen molar-refractivity contribution in [2.45, 2.75) is 32.7 Å². The Hall–Kier alpha value is -1.02. The molecule has 3 heteroatoms. The Morgan fingerprint density at radius 2 is 2.20 bits per heavy atom. The highest BCUT2D eigenvalue weighted by molar-refractivity contribution is 6.30. The first-order valence-electron chi connectivity index (χ1n) is 5.22. The largest absolute Gasteiger partial charge is 0.349 e. The third-order valence-corrected chi connectivity index (χ3v) is 2.55. The van der Waals surface area contributed by atoms with Gasteiger partial charge in [-0.25, -0.2) is 0 Å². The zero-order valence-electron chi connectivity index (χ0n) is 9.09. The Morgan fingerprint density at radius 3 is 2.73 bits per heavy atom. The molecule has 0 heterocycles. The average molecular weight is 226 g/mol. The molecule has 2 nitrogen and oxygen atoms in total. The molecule has 1 aromatic carbocycles. The zero-order chi connectivity index (χ0) is 11.3. The summed E-state index contributed by atoms with van der Waals surface area (Å²) in [7, 11) is 0. The van der Waals surface area contributed by atoms with Crippen molar-refractivity contribution in [3.63, 3.8) is 0 Å². The summed E-state index contributed by atoms with van der Waals surface area (Å²) in [4.78, 5) is 11.3. The fraction of sp³-hybridized carbons (Fsp3) is 0.417. The van der Waals surface area contributed by atoms with Gasteiger partial charge in [0.05, 0.1) is 6.04 Å². The van der Waals surface area contributed by atoms with E-state index in [0.717, 1.165) is 12.0 Å². The highest BCUT2D eigenvalue weighted by Gasteiger charge is 2.11. The molecule has 1 amide bonds. The molecule has 0 fully saturated rings. The Balaban J connectivity index is 2.78. The second kappa shape index (κ2) is 5.76. The molecule has 0 saturated heterocycles. The van der Waals surface area contributed by atoms with Crippen LogP contribution in [0.4, 0.5) is 0 Å². The summed E-state index contributed by atoms with van der Waals surface area (Å²) in [5.41, 5.74) is 1.06. The highest BCUT2D eigenvalue weighted by atomic mass is 35.5. The number of carbonyl (C=O) groups excluding carboxylic acids is 1. The molecule has 0 saturated carbocycles. The Morgan fingerprint density at radius 1 is 1.47 bits per heavy atom. The summed E-state index contributed by atoms with van der Waals surface area (Å²) in [6, 6.07) is 7.68. The summed E-state index contributed by atoms with van der Waals surface area (Å²) in [5.74, 6) is 0.0711. The molecule has 15 heavy (non-hydrogen) atoms. The summed E-state index contributed by atoms with van der Waals surface area (Å²) in [6.07, 6.45) is 1.38. The minimum absolute atomic E-state index is 0.0659. The molecular formula is C12H16ClNO. The third-order valence-electron chi connectivity index (χ3n) is 2.32. The summed E-state index contributed by atoms with van der Waals surface area (Å²) >= 11 is 5.90. The maximum absolute atomic E-state index is 11.3. The van der Waals surface area contributed by atoms with Crippen LogP contribution in [-0.4, -0.2) is 5.91 Å². The maximum Gasteiger partial charge on any atom is 0.220 e. The number of rotatable bonds is 4. The van der Waals surface area contributed by atoms with Crippen molar-refractivity contribution < 1.29 is 4.79 Å². The first-order chi connectivity index (χ1) is 7.17. The van der Waals surface area contributed by atoms with Gasteiger partial charge in [0.2, 0.25) is 5.91 Å². The summed E-state index contributed by atoms with van der Waals surface area (Å²) in [6.45, 7) is 3.89. The number of hydrogen-bond acceptors (Lipinski definition) is 1. The number of halogens is 1. The number of nitrogens with one attached hydrogen (secondary N) is 1. The van der Waals surface area contributed by atoms with E-state index >= 15 is 0 Å². The normalized spacial score (nSPS) is 12.2. The monoisotopic (exact) mass is 225 g/mol. The Bertz CT molecular complexity index is 338. The number of carbonyl (C=O) groups is 1. The molecule has 0 aromatic heterocycles. The maximum atomic E-state index is 11.3. The minimum atomic E-state index is 0.0659. The van der Waals surface area contributed by atoms with E-state index < -0.39 is 0 Å². The van der Waals surface area contributed by atoms with Crippen molar-refractivity contribution in [2.24, 2.45) is 0 Å². The van der Waals surface area contributed by atoms with Gasteiger partial charge in [0, 0.05) is 11.4 Å². The SMILES string of the molecule is CCC(=O)NC(CC)c1cccc(Cl)c1. The van der Waals surface area contributed by atoms with Crippen LogP contribution >= 0.6 is 11.6 Å². The van der Waals surface area contributed by atoms with Gasteiger partial charge in [-0.1, -0.05) is 37.6 Å². The average Bonchev–Trinajstić information content (AvgIpc) is 2.25. The number of hydrogen-bond donors (Lipinski definition) is 1. The van der Waals surface area contributed by atoms with Crippen LogP contribution in [0.25, 0.3) is 0 Å². The van der Waals surface area contributed by atoms with Gasteiger partial charge in [-0.05, 0) is 24.1 Å². The van der Waals surface area contributed by atoms with E-state index in [9.17, 15) is 4.79 Å². The topological polar surface area (TPSA) is 29.1 Å². The predicted octanol–water partition coefficient (Wildman–Crippen LogP) is 3.32. The van der Waals surface area contributed by atoms with Crippen molar-refractivity contribution in [1.82, 2.24) is 5.32 Å². The van der Waals surface area contributed by atoms with Gasteiger partial charge in [0.1, 0.15) is 0 Å². The van der Waals surface area contributed by atoms with Crippen LogP contribution in [-0.2, 0) is 4.79 Å². The van der Waals surface area contributed by atoms with Crippen molar-refractivity contribution >= 4 is 17.5 Å². The molecular weight excluding hydrogens is 210 g/mol. The fourth-order valence-electron chi connectivity index (χ4n) is 1.44. The lowest BCUT2D eigenvalue weighted by molar-refractivity contribution is -0.121. The standard InChI is InChI=1S/C12H16ClNO/c1-3-11(14-12(15)4-2)9-6-5-7-10(13)8-9/h5-8,11H,3-4H2,1-2H3,(H,14,15). The Labute approximate surface area is 95.6 Å². The van der Waals surface area contributed by atoms with Crippen LogP contribution in [0, 0.1) is 0 Å². The van der Waals surface area contributed by atoms with Gasteiger partial charge in [-0.2, -0.15) is 0 Å². The van der Waals surface area contributed by atoms with Crippen molar-refractivity contribution in [3.8, 4) is 0 Å². The molecule has 1 unspecified atom stereocenters. The molecule has 0 bridgehead atoms. The van der Waals surface area contributed by atoms with Crippen LogP contribution < -0.4 is 5.32 Å². The second-order valence-electron chi connectivity index (χ2n) is 3.44. The summed E-state index contributed by atoms with van der Waals surface area (Å²) < 4.78 is 0. The first-order valence-corrected chi connectivity index (χ1v) is 5.60. The van der Waals surface area contributed by atoms with Crippen LogP contribution in [0.15, 0.2) is 24.3 Å². The van der Waals surface area contributed by atoms with Crippen LogP contribution in [0.3, 0.4) is 0 Å². The van der Waals surface area contributed by atoms with Crippen LogP contribution in [0.1, 0.15) is 38.3 Å². The number of amides is 1. The van der Waals surface area contributed by atoms with Gasteiger partial charge >= 0.3 is 0 Å². The van der Waals surface area contributed by atoms with Gasteiger partial charge in [-0.15, -0.1) is 0 Å². The van der Waals surface area contributed by atoms with Crippen LogP contribution in [0.5, 0.6) is 0 Å². The molecule has 0 aliphatic rings. The van der Waals surface area contributed by atoms with E-state index in [1.54, 1.807) is 0 Å². The lowest BCUT2D eigenvalue weighted by Crippen LogP contribution is -2.27. The first kappa shape index (κ1) is 12.1.